The van der Waals surface area contributed by atoms with Gasteiger partial charge in [-0.25, -0.2) is 0 Å². The molecule has 0 amide bonds. The van der Waals surface area contributed by atoms with Gasteiger partial charge < -0.3 is 0 Å². The van der Waals surface area contributed by atoms with Gasteiger partial charge in [0.2, 0.25) is 3.79 Å². The van der Waals surface area contributed by atoms with Crippen molar-refractivity contribution in [1.29, 1.82) is 0 Å². The molecule has 0 N–H and O–H groups in total. The topological polar surface area (TPSA) is 17.1 Å². The van der Waals surface area contributed by atoms with E-state index in [1.165, 1.54) is 0 Å². The molecule has 1 nitrogen and oxygen atoms in total. The summed E-state index contributed by atoms with van der Waals surface area (Å²) in [4.78, 5) is 9.43. The summed E-state index contributed by atoms with van der Waals surface area (Å²) < 4.78 is -1.72. The minimum atomic E-state index is -1.72. The average Bonchev–Trinajstić information content (AvgIpc) is 1.35. The summed E-state index contributed by atoms with van der Waals surface area (Å²) in [6.07, 6.45) is 0.234. The van der Waals surface area contributed by atoms with Gasteiger partial charge in [0.1, 0.15) is 0 Å². The van der Waals surface area contributed by atoms with E-state index in [-0.39, 0.29) is 7.71 Å². The van der Waals surface area contributed by atoms with Crippen molar-refractivity contribution < 1.29 is 6.22 Å². The summed E-state index contributed by atoms with van der Waals surface area (Å²) in [7, 11) is 0. The first kappa shape index (κ1) is 6.54. The zero-order valence-electron chi connectivity index (χ0n) is 3.62. The third kappa shape index (κ3) is 4.54. The summed E-state index contributed by atoms with van der Waals surface area (Å²) >= 11 is 14.6. The number of rotatable bonds is 0. The average molecular weight is 148 g/mol. The van der Waals surface area contributed by atoms with Crippen LogP contribution in [-0.2, 0) is 4.79 Å². The van der Waals surface area contributed by atoms with E-state index in [2.05, 4.69) is 0 Å². The summed E-state index contributed by atoms with van der Waals surface area (Å²) in [5, 5.41) is 0. The van der Waals surface area contributed by atoms with Crippen molar-refractivity contribution in [3.8, 4) is 0 Å². The minimum absolute atomic E-state index is 0. The maximum absolute atomic E-state index is 9.43. The molecular weight excluding hydrogens is 146 g/mol. The lowest BCUT2D eigenvalue weighted by Crippen LogP contribution is -2.00. The fourth-order valence-corrected chi connectivity index (χ4v) is 0. The summed E-state index contributed by atoms with van der Waals surface area (Å²) in [5.41, 5.74) is 0. The Kier molecular flexibility index (Phi) is 2.19. The van der Waals surface area contributed by atoms with Crippen LogP contribution in [0.4, 0.5) is 0 Å². The van der Waals surface area contributed by atoms with Gasteiger partial charge in [0.15, 0.2) is 6.29 Å². The highest BCUT2D eigenvalue weighted by Crippen LogP contribution is 2.21. The number of carbonyl (C=O) groups excluding carboxylic acids is 1. The molecule has 4 heteroatoms. The van der Waals surface area contributed by atoms with Gasteiger partial charge in [-0.1, -0.05) is 34.8 Å². The molecule has 0 aliphatic rings. The lowest BCUT2D eigenvalue weighted by atomic mass is 10.9. The first-order valence-electron chi connectivity index (χ1n) is 1.09. The Morgan fingerprint density at radius 3 is 1.67 bits per heavy atom. The van der Waals surface area contributed by atoms with Crippen molar-refractivity contribution >= 4 is 41.1 Å². The normalized spacial score (nSPS) is 11.2. The second-order valence-electron chi connectivity index (χ2n) is 0.659. The lowest BCUT2D eigenvalue weighted by molar-refractivity contribution is -0.107. The van der Waals surface area contributed by atoms with Gasteiger partial charge in [-0.3, -0.25) is 4.79 Å². The van der Waals surface area contributed by atoms with E-state index in [0.717, 1.165) is 0 Å². The number of aldehydes is 1. The molecule has 0 aliphatic carbocycles. The van der Waals surface area contributed by atoms with Crippen molar-refractivity contribution in [3.63, 3.8) is 0 Å². The van der Waals surface area contributed by atoms with Crippen LogP contribution >= 0.6 is 34.8 Å². The Labute approximate surface area is 51.7 Å². The standard InChI is InChI=1S/C2HCl3O/c3-2(4,5)1-6/h1H/p+1. The molecule has 0 heterocycles. The van der Waals surface area contributed by atoms with E-state index in [1.54, 1.807) is 0 Å². The first-order valence-corrected chi connectivity index (χ1v) is 2.23. The van der Waals surface area contributed by atoms with Gasteiger partial charge in [-0.05, 0) is 0 Å². The van der Waals surface area contributed by atoms with Gasteiger partial charge in [0.05, 0.1) is 0 Å². The molecular formula is C2H2Cl3O+. The second-order valence-corrected chi connectivity index (χ2v) is 3.03. The van der Waals surface area contributed by atoms with Crippen molar-refractivity contribution in [3.05, 3.63) is 0 Å². The quantitative estimate of drug-likeness (QED) is 0.377. The predicted octanol–water partition coefficient (Wildman–Crippen LogP) is 1.67. The Morgan fingerprint density at radius 2 is 1.67 bits per heavy atom. The highest BCUT2D eigenvalue weighted by atomic mass is 35.6. The molecule has 0 aromatic rings. The number of hydrogen-bond donors (Lipinski definition) is 0. The number of alkyl halides is 3. The monoisotopic (exact) mass is 147 g/mol. The van der Waals surface area contributed by atoms with Crippen molar-refractivity contribution in [2.24, 2.45) is 0 Å². The summed E-state index contributed by atoms with van der Waals surface area (Å²) in [5.74, 6) is 0. The van der Waals surface area contributed by atoms with Crippen LogP contribution in [0.2, 0.25) is 0 Å². The van der Waals surface area contributed by atoms with E-state index in [0.29, 0.717) is 0 Å². The van der Waals surface area contributed by atoms with Gasteiger partial charge in [-0.15, -0.1) is 0 Å². The highest BCUT2D eigenvalue weighted by molar-refractivity contribution is 6.74. The fourth-order valence-electron chi connectivity index (χ4n) is 0. The smallest absolute Gasteiger partial charge is 0.299 e. The zero-order valence-corrected chi connectivity index (χ0v) is 4.89. The summed E-state index contributed by atoms with van der Waals surface area (Å²) in [6, 6.07) is 0. The van der Waals surface area contributed by atoms with E-state index in [1.807, 2.05) is 0 Å². The van der Waals surface area contributed by atoms with Gasteiger partial charge in [-0.2, -0.15) is 0 Å². The van der Waals surface area contributed by atoms with Crippen LogP contribution in [0.25, 0.3) is 0 Å². The Balaban J connectivity index is 0. The van der Waals surface area contributed by atoms with Crippen LogP contribution in [0, 0.1) is 0 Å². The molecule has 0 saturated heterocycles. The van der Waals surface area contributed by atoms with E-state index >= 15 is 0 Å². The largest absolute Gasteiger partial charge is 1.00 e. The van der Waals surface area contributed by atoms with Crippen LogP contribution < -0.4 is 0 Å². The molecule has 0 rings (SSSR count). The third-order valence-corrected chi connectivity index (χ3v) is 0.401. The third-order valence-electron chi connectivity index (χ3n) is 0.134. The van der Waals surface area contributed by atoms with Crippen LogP contribution in [0.5, 0.6) is 0 Å². The predicted molar refractivity (Wildman–Crippen MR) is 27.5 cm³/mol. The Hall–Kier alpha value is 0.540. The van der Waals surface area contributed by atoms with Crippen molar-refractivity contribution in [2.45, 2.75) is 3.79 Å². The molecule has 0 spiro atoms. The molecule has 0 radical (unpaired) electrons. The number of carbonyl (C=O) groups is 1. The van der Waals surface area contributed by atoms with Gasteiger partial charge in [0, 0.05) is 0 Å². The van der Waals surface area contributed by atoms with Crippen molar-refractivity contribution in [2.75, 3.05) is 0 Å². The molecule has 0 aromatic carbocycles. The van der Waals surface area contributed by atoms with E-state index in [9.17, 15) is 4.79 Å². The molecule has 36 valence electrons. The van der Waals surface area contributed by atoms with Crippen LogP contribution in [0.3, 0.4) is 0 Å². The molecule has 0 saturated carbocycles. The Morgan fingerprint density at radius 1 is 1.50 bits per heavy atom. The molecule has 0 fully saturated rings. The van der Waals surface area contributed by atoms with Crippen LogP contribution in [0.1, 0.15) is 1.43 Å². The molecule has 0 atom stereocenters. The Bertz CT molecular complexity index is 58.4. The maximum atomic E-state index is 9.43. The number of hydrogen-bond acceptors (Lipinski definition) is 1. The molecule has 6 heavy (non-hydrogen) atoms. The highest BCUT2D eigenvalue weighted by Gasteiger charge is 2.16. The SMILES string of the molecule is O=CC(Cl)(Cl)Cl.[H+]. The van der Waals surface area contributed by atoms with Crippen LogP contribution in [-0.4, -0.2) is 10.1 Å². The second kappa shape index (κ2) is 2.01. The van der Waals surface area contributed by atoms with Crippen molar-refractivity contribution in [1.82, 2.24) is 0 Å². The number of halogens is 3. The minimum Gasteiger partial charge on any atom is -0.299 e. The fraction of sp³-hybridized carbons (Fsp3) is 0.500. The first-order chi connectivity index (χ1) is 2.56. The molecule has 0 aromatic heterocycles. The van der Waals surface area contributed by atoms with Crippen LogP contribution in [0.15, 0.2) is 0 Å². The zero-order chi connectivity index (χ0) is 5.21. The van der Waals surface area contributed by atoms with Gasteiger partial charge >= 0.3 is 1.43 Å². The lowest BCUT2D eigenvalue weighted by Gasteiger charge is -1.93. The molecule has 0 unspecified atom stereocenters. The molecule has 0 aliphatic heterocycles. The maximum Gasteiger partial charge on any atom is 1.00 e. The van der Waals surface area contributed by atoms with E-state index in [4.69, 9.17) is 34.8 Å². The molecule has 0 bridgehead atoms. The summed E-state index contributed by atoms with van der Waals surface area (Å²) in [6.45, 7) is 0. The van der Waals surface area contributed by atoms with E-state index < -0.39 is 3.79 Å². The van der Waals surface area contributed by atoms with Gasteiger partial charge in [0.25, 0.3) is 0 Å².